The van der Waals surface area contributed by atoms with Crippen LogP contribution in [0.5, 0.6) is 0 Å². The molecule has 1 fully saturated rings. The average Bonchev–Trinajstić information content (AvgIpc) is 3.41. The second-order valence-electron chi connectivity index (χ2n) is 7.20. The highest BCUT2D eigenvalue weighted by atomic mass is 19.1. The zero-order valence-electron chi connectivity index (χ0n) is 16.7. The van der Waals surface area contributed by atoms with Crippen molar-refractivity contribution in [3.05, 3.63) is 78.1 Å². The van der Waals surface area contributed by atoms with Gasteiger partial charge in [-0.3, -0.25) is 4.99 Å². The summed E-state index contributed by atoms with van der Waals surface area (Å²) in [7, 11) is 1.70. The molecule has 1 atom stereocenters. The Kier molecular flexibility index (Phi) is 5.92. The van der Waals surface area contributed by atoms with Crippen LogP contribution in [0.4, 0.5) is 14.5 Å². The third kappa shape index (κ3) is 4.42. The molecule has 0 spiro atoms. The van der Waals surface area contributed by atoms with Crippen molar-refractivity contribution in [3.63, 3.8) is 0 Å². The number of aromatic nitrogens is 2. The van der Waals surface area contributed by atoms with Crippen LogP contribution < -0.4 is 15.5 Å². The Morgan fingerprint density at radius 3 is 2.63 bits per heavy atom. The third-order valence-corrected chi connectivity index (χ3v) is 5.12. The van der Waals surface area contributed by atoms with Crippen molar-refractivity contribution in [3.8, 4) is 5.69 Å². The van der Waals surface area contributed by atoms with E-state index in [1.165, 1.54) is 18.2 Å². The Labute approximate surface area is 174 Å². The fourth-order valence-electron chi connectivity index (χ4n) is 3.62. The van der Waals surface area contributed by atoms with Gasteiger partial charge >= 0.3 is 0 Å². The molecule has 2 aromatic carbocycles. The Morgan fingerprint density at radius 1 is 1.13 bits per heavy atom. The van der Waals surface area contributed by atoms with Gasteiger partial charge in [0.05, 0.1) is 11.9 Å². The van der Waals surface area contributed by atoms with E-state index in [9.17, 15) is 8.78 Å². The van der Waals surface area contributed by atoms with E-state index in [1.54, 1.807) is 11.9 Å². The van der Waals surface area contributed by atoms with Crippen LogP contribution in [0, 0.1) is 11.6 Å². The maximum Gasteiger partial charge on any atom is 0.191 e. The molecule has 1 aliphatic heterocycles. The first kappa shape index (κ1) is 19.9. The molecule has 0 bridgehead atoms. The molecule has 0 aliphatic carbocycles. The number of hydrogen-bond donors (Lipinski definition) is 2. The summed E-state index contributed by atoms with van der Waals surface area (Å²) < 4.78 is 29.9. The average molecular weight is 410 g/mol. The number of anilines is 1. The predicted octanol–water partition coefficient (Wildman–Crippen LogP) is 3.09. The zero-order chi connectivity index (χ0) is 20.9. The van der Waals surface area contributed by atoms with Crippen molar-refractivity contribution in [2.75, 3.05) is 25.0 Å². The Hall–Kier alpha value is -3.42. The second-order valence-corrected chi connectivity index (χ2v) is 7.20. The summed E-state index contributed by atoms with van der Waals surface area (Å²) >= 11 is 0. The van der Waals surface area contributed by atoms with Crippen LogP contribution in [0.2, 0.25) is 0 Å². The van der Waals surface area contributed by atoms with Gasteiger partial charge in [-0.1, -0.05) is 24.3 Å². The highest BCUT2D eigenvalue weighted by Gasteiger charge is 2.27. The lowest BCUT2D eigenvalue weighted by molar-refractivity contribution is 0.576. The summed E-state index contributed by atoms with van der Waals surface area (Å²) in [5.41, 5.74) is 2.05. The maximum atomic E-state index is 14.0. The standard InChI is InChI=1S/C22H24F2N6/c1-25-22(26-12-16-13-27-30(14-16)18-6-3-2-4-7-18)28-17-10-11-29(15-17)21-19(23)8-5-9-20(21)24/h2-9,13-14,17H,10-12,15H2,1H3,(H2,25,26,28). The fraction of sp³-hybridized carbons (Fsp3) is 0.273. The van der Waals surface area contributed by atoms with Crippen molar-refractivity contribution >= 4 is 11.6 Å². The molecule has 0 radical (unpaired) electrons. The van der Waals surface area contributed by atoms with Gasteiger partial charge in [0.25, 0.3) is 0 Å². The minimum atomic E-state index is -0.534. The molecule has 0 amide bonds. The minimum Gasteiger partial charge on any atom is -0.365 e. The summed E-state index contributed by atoms with van der Waals surface area (Å²) in [5, 5.41) is 11.0. The summed E-state index contributed by atoms with van der Waals surface area (Å²) in [5.74, 6) is -0.425. The molecular formula is C22H24F2N6. The number of benzene rings is 2. The maximum absolute atomic E-state index is 14.0. The van der Waals surface area contributed by atoms with Crippen LogP contribution in [0.25, 0.3) is 5.69 Å². The smallest absolute Gasteiger partial charge is 0.191 e. The molecule has 2 N–H and O–H groups in total. The normalized spacial score (nSPS) is 16.7. The second kappa shape index (κ2) is 8.94. The van der Waals surface area contributed by atoms with E-state index in [0.29, 0.717) is 25.6 Å². The summed E-state index contributed by atoms with van der Waals surface area (Å²) in [4.78, 5) is 6.00. The largest absolute Gasteiger partial charge is 0.365 e. The molecule has 30 heavy (non-hydrogen) atoms. The van der Waals surface area contributed by atoms with Crippen LogP contribution in [0.1, 0.15) is 12.0 Å². The molecule has 1 aromatic heterocycles. The number of rotatable bonds is 5. The van der Waals surface area contributed by atoms with E-state index in [4.69, 9.17) is 0 Å². The molecule has 1 saturated heterocycles. The lowest BCUT2D eigenvalue weighted by Crippen LogP contribution is -2.44. The van der Waals surface area contributed by atoms with Gasteiger partial charge in [-0.05, 0) is 30.7 Å². The van der Waals surface area contributed by atoms with Crippen molar-refractivity contribution in [2.24, 2.45) is 4.99 Å². The van der Waals surface area contributed by atoms with Gasteiger partial charge in [-0.25, -0.2) is 13.5 Å². The lowest BCUT2D eigenvalue weighted by atomic mass is 10.2. The van der Waals surface area contributed by atoms with Gasteiger partial charge in [0.1, 0.15) is 17.3 Å². The Morgan fingerprint density at radius 2 is 1.90 bits per heavy atom. The third-order valence-electron chi connectivity index (χ3n) is 5.12. The Balaban J connectivity index is 1.32. The Bertz CT molecular complexity index is 997. The molecule has 0 saturated carbocycles. The molecular weight excluding hydrogens is 386 g/mol. The first-order valence-corrected chi connectivity index (χ1v) is 9.89. The monoisotopic (exact) mass is 410 g/mol. The predicted molar refractivity (Wildman–Crippen MR) is 114 cm³/mol. The molecule has 3 aromatic rings. The van der Waals surface area contributed by atoms with Crippen LogP contribution in [0.3, 0.4) is 0 Å². The number of halogens is 2. The van der Waals surface area contributed by atoms with Crippen LogP contribution >= 0.6 is 0 Å². The van der Waals surface area contributed by atoms with Crippen LogP contribution in [-0.2, 0) is 6.54 Å². The van der Waals surface area contributed by atoms with Crippen molar-refractivity contribution in [1.29, 1.82) is 0 Å². The topological polar surface area (TPSA) is 57.5 Å². The summed E-state index contributed by atoms with van der Waals surface area (Å²) in [6.45, 7) is 1.64. The number of para-hydroxylation sites is 2. The van der Waals surface area contributed by atoms with E-state index >= 15 is 0 Å². The molecule has 6 nitrogen and oxygen atoms in total. The van der Waals surface area contributed by atoms with Gasteiger partial charge in [-0.15, -0.1) is 0 Å². The number of nitrogens with zero attached hydrogens (tertiary/aromatic N) is 4. The van der Waals surface area contributed by atoms with Gasteiger partial charge in [0, 0.05) is 44.5 Å². The quantitative estimate of drug-likeness (QED) is 0.501. The van der Waals surface area contributed by atoms with E-state index in [1.807, 2.05) is 47.4 Å². The van der Waals surface area contributed by atoms with E-state index in [2.05, 4.69) is 20.7 Å². The molecule has 1 unspecified atom stereocenters. The molecule has 1 aliphatic rings. The highest BCUT2D eigenvalue weighted by molar-refractivity contribution is 5.80. The first-order valence-electron chi connectivity index (χ1n) is 9.89. The first-order chi connectivity index (χ1) is 14.6. The highest BCUT2D eigenvalue weighted by Crippen LogP contribution is 2.26. The van der Waals surface area contributed by atoms with Crippen molar-refractivity contribution < 1.29 is 8.78 Å². The van der Waals surface area contributed by atoms with E-state index < -0.39 is 11.6 Å². The van der Waals surface area contributed by atoms with E-state index in [0.717, 1.165) is 17.7 Å². The number of aliphatic imine (C=N–C) groups is 1. The molecule has 2 heterocycles. The number of nitrogens with one attached hydrogen (secondary N) is 2. The summed E-state index contributed by atoms with van der Waals surface area (Å²) in [6, 6.07) is 13.9. The van der Waals surface area contributed by atoms with Gasteiger partial charge in [0.15, 0.2) is 5.96 Å². The van der Waals surface area contributed by atoms with Gasteiger partial charge in [-0.2, -0.15) is 5.10 Å². The number of guanidine groups is 1. The van der Waals surface area contributed by atoms with Gasteiger partial charge < -0.3 is 15.5 Å². The van der Waals surface area contributed by atoms with Gasteiger partial charge in [0.2, 0.25) is 0 Å². The SMILES string of the molecule is CN=C(NCc1cnn(-c2ccccc2)c1)NC1CCN(c2c(F)cccc2F)C1. The number of hydrogen-bond acceptors (Lipinski definition) is 3. The molecule has 8 heteroatoms. The van der Waals surface area contributed by atoms with Crippen molar-refractivity contribution in [2.45, 2.75) is 19.0 Å². The minimum absolute atomic E-state index is 0.0399. The lowest BCUT2D eigenvalue weighted by Gasteiger charge is -2.21. The van der Waals surface area contributed by atoms with Crippen LogP contribution in [-0.4, -0.2) is 41.9 Å². The molecule has 156 valence electrons. The summed E-state index contributed by atoms with van der Waals surface area (Å²) in [6.07, 6.45) is 4.54. The van der Waals surface area contributed by atoms with E-state index in [-0.39, 0.29) is 11.7 Å². The zero-order valence-corrected chi connectivity index (χ0v) is 16.7. The molecule has 4 rings (SSSR count). The fourth-order valence-corrected chi connectivity index (χ4v) is 3.62. The van der Waals surface area contributed by atoms with Crippen LogP contribution in [0.15, 0.2) is 65.9 Å². The van der Waals surface area contributed by atoms with Crippen molar-refractivity contribution in [1.82, 2.24) is 20.4 Å².